The zero-order valence-electron chi connectivity index (χ0n) is 5.80. The summed E-state index contributed by atoms with van der Waals surface area (Å²) in [6, 6.07) is 3.79. The molecule has 0 fully saturated rings. The molecule has 2 nitrogen and oxygen atoms in total. The van der Waals surface area contributed by atoms with Gasteiger partial charge in [0.15, 0.2) is 0 Å². The second-order valence-corrected chi connectivity index (χ2v) is 2.04. The third kappa shape index (κ3) is 1.81. The molecular weight excluding hydrogens is 171 g/mol. The molecule has 1 rings (SSSR count). The van der Waals surface area contributed by atoms with E-state index in [9.17, 15) is 18.0 Å². The Morgan fingerprint density at radius 2 is 2.00 bits per heavy atom. The standard InChI is InChI=1S/C7H4F3NO/c8-7(9,10)6(12)5-3-1-2-4-11-5/h1-4H. The first-order valence-electron chi connectivity index (χ1n) is 3.04. The number of carbonyl (C=O) groups is 1. The van der Waals surface area contributed by atoms with E-state index in [1.54, 1.807) is 0 Å². The van der Waals surface area contributed by atoms with Crippen LogP contribution in [0, 0.1) is 0 Å². The number of hydrogen-bond donors (Lipinski definition) is 0. The highest BCUT2D eigenvalue weighted by atomic mass is 19.4. The summed E-state index contributed by atoms with van der Waals surface area (Å²) in [6.07, 6.45) is -3.70. The Balaban J connectivity index is 2.94. The lowest BCUT2D eigenvalue weighted by Gasteiger charge is -2.02. The van der Waals surface area contributed by atoms with Crippen molar-refractivity contribution in [3.8, 4) is 0 Å². The molecule has 0 amide bonds. The monoisotopic (exact) mass is 175 g/mol. The molecule has 0 unspecified atom stereocenters. The summed E-state index contributed by atoms with van der Waals surface area (Å²) >= 11 is 0. The first kappa shape index (κ1) is 8.70. The molecule has 64 valence electrons. The van der Waals surface area contributed by atoms with Crippen LogP contribution in [0.1, 0.15) is 10.5 Å². The molecule has 0 atom stereocenters. The van der Waals surface area contributed by atoms with Gasteiger partial charge < -0.3 is 0 Å². The third-order valence-electron chi connectivity index (χ3n) is 1.15. The molecular formula is C7H4F3NO. The van der Waals surface area contributed by atoms with Gasteiger partial charge >= 0.3 is 6.18 Å². The van der Waals surface area contributed by atoms with Crippen LogP contribution in [0.25, 0.3) is 0 Å². The molecule has 0 aliphatic heterocycles. The van der Waals surface area contributed by atoms with Gasteiger partial charge in [-0.2, -0.15) is 13.2 Å². The van der Waals surface area contributed by atoms with E-state index >= 15 is 0 Å². The normalized spacial score (nSPS) is 11.2. The molecule has 1 heterocycles. The van der Waals surface area contributed by atoms with Crippen LogP contribution in [0.15, 0.2) is 24.4 Å². The number of alkyl halides is 3. The van der Waals surface area contributed by atoms with Gasteiger partial charge in [-0.05, 0) is 12.1 Å². The largest absolute Gasteiger partial charge is 0.456 e. The Kier molecular flexibility index (Phi) is 2.12. The summed E-state index contributed by atoms with van der Waals surface area (Å²) < 4.78 is 35.2. The van der Waals surface area contributed by atoms with Crippen molar-refractivity contribution in [2.75, 3.05) is 0 Å². The van der Waals surface area contributed by atoms with Crippen molar-refractivity contribution in [3.63, 3.8) is 0 Å². The Morgan fingerprint density at radius 3 is 2.42 bits per heavy atom. The third-order valence-corrected chi connectivity index (χ3v) is 1.15. The summed E-state index contributed by atoms with van der Waals surface area (Å²) in [5.41, 5.74) is -0.579. The lowest BCUT2D eigenvalue weighted by Crippen LogP contribution is -2.23. The van der Waals surface area contributed by atoms with Gasteiger partial charge in [0, 0.05) is 6.20 Å². The summed E-state index contributed by atoms with van der Waals surface area (Å²) in [4.78, 5) is 13.8. The van der Waals surface area contributed by atoms with Gasteiger partial charge in [0.2, 0.25) is 0 Å². The van der Waals surface area contributed by atoms with Gasteiger partial charge in [0.25, 0.3) is 5.78 Å². The maximum atomic E-state index is 11.7. The predicted molar refractivity (Wildman–Crippen MR) is 34.6 cm³/mol. The van der Waals surface area contributed by atoms with Crippen LogP contribution in [0.2, 0.25) is 0 Å². The Bertz CT molecular complexity index is 280. The van der Waals surface area contributed by atoms with Crippen LogP contribution in [0.3, 0.4) is 0 Å². The summed E-state index contributed by atoms with van der Waals surface area (Å²) in [7, 11) is 0. The van der Waals surface area contributed by atoms with Crippen LogP contribution in [-0.2, 0) is 0 Å². The van der Waals surface area contributed by atoms with Gasteiger partial charge in [-0.15, -0.1) is 0 Å². The summed E-state index contributed by atoms with van der Waals surface area (Å²) in [5.74, 6) is -1.91. The fourth-order valence-electron chi connectivity index (χ4n) is 0.642. The van der Waals surface area contributed by atoms with Crippen molar-refractivity contribution < 1.29 is 18.0 Å². The zero-order chi connectivity index (χ0) is 9.19. The van der Waals surface area contributed by atoms with E-state index in [-0.39, 0.29) is 0 Å². The molecule has 5 heteroatoms. The molecule has 0 bridgehead atoms. The SMILES string of the molecule is O=C(c1ccccn1)C(F)(F)F. The summed E-state index contributed by atoms with van der Waals surface area (Å²) in [6.45, 7) is 0. The highest BCUT2D eigenvalue weighted by Gasteiger charge is 2.39. The maximum absolute atomic E-state index is 11.7. The molecule has 0 aliphatic carbocycles. The molecule has 1 aromatic rings. The molecule has 0 N–H and O–H groups in total. The van der Waals surface area contributed by atoms with Crippen molar-refractivity contribution in [1.82, 2.24) is 4.98 Å². The zero-order valence-corrected chi connectivity index (χ0v) is 5.80. The average Bonchev–Trinajstić information content (AvgIpc) is 2.03. The van der Waals surface area contributed by atoms with E-state index in [1.165, 1.54) is 12.1 Å². The lowest BCUT2D eigenvalue weighted by molar-refractivity contribution is -0.0888. The van der Waals surface area contributed by atoms with Crippen LogP contribution >= 0.6 is 0 Å². The highest BCUT2D eigenvalue weighted by molar-refractivity contribution is 5.98. The summed E-state index contributed by atoms with van der Waals surface area (Å²) in [5, 5.41) is 0. The number of aromatic nitrogens is 1. The molecule has 0 saturated carbocycles. The molecule has 0 aromatic carbocycles. The number of ketones is 1. The fraction of sp³-hybridized carbons (Fsp3) is 0.143. The van der Waals surface area contributed by atoms with Crippen molar-refractivity contribution in [2.45, 2.75) is 6.18 Å². The number of pyridine rings is 1. The Morgan fingerprint density at radius 1 is 1.33 bits per heavy atom. The molecule has 0 saturated heterocycles. The van der Waals surface area contributed by atoms with Gasteiger partial charge in [-0.3, -0.25) is 9.78 Å². The second kappa shape index (κ2) is 2.92. The molecule has 0 spiro atoms. The van der Waals surface area contributed by atoms with E-state index in [4.69, 9.17) is 0 Å². The number of Topliss-reactive ketones (excluding diaryl/α,β-unsaturated/α-hetero) is 1. The van der Waals surface area contributed by atoms with E-state index in [0.717, 1.165) is 12.3 Å². The van der Waals surface area contributed by atoms with Crippen molar-refractivity contribution >= 4 is 5.78 Å². The number of carbonyl (C=O) groups excluding carboxylic acids is 1. The lowest BCUT2D eigenvalue weighted by atomic mass is 10.2. The van der Waals surface area contributed by atoms with E-state index in [2.05, 4.69) is 4.98 Å². The first-order valence-corrected chi connectivity index (χ1v) is 3.04. The van der Waals surface area contributed by atoms with Gasteiger partial charge in [-0.25, -0.2) is 0 Å². The highest BCUT2D eigenvalue weighted by Crippen LogP contribution is 2.19. The average molecular weight is 175 g/mol. The van der Waals surface area contributed by atoms with Crippen molar-refractivity contribution in [2.24, 2.45) is 0 Å². The number of hydrogen-bond acceptors (Lipinski definition) is 2. The minimum absolute atomic E-state index is 0.579. The van der Waals surface area contributed by atoms with Crippen molar-refractivity contribution in [1.29, 1.82) is 0 Å². The molecule has 0 radical (unpaired) electrons. The van der Waals surface area contributed by atoms with E-state index < -0.39 is 17.7 Å². The number of rotatable bonds is 1. The topological polar surface area (TPSA) is 30.0 Å². The van der Waals surface area contributed by atoms with Crippen LogP contribution in [0.5, 0.6) is 0 Å². The van der Waals surface area contributed by atoms with Crippen LogP contribution in [0.4, 0.5) is 13.2 Å². The quantitative estimate of drug-likeness (QED) is 0.609. The second-order valence-electron chi connectivity index (χ2n) is 2.04. The number of halogens is 3. The van der Waals surface area contributed by atoms with Crippen LogP contribution in [-0.4, -0.2) is 16.9 Å². The smallest absolute Gasteiger partial charge is 0.282 e. The minimum Gasteiger partial charge on any atom is -0.282 e. The minimum atomic E-state index is -4.84. The number of nitrogens with zero attached hydrogens (tertiary/aromatic N) is 1. The van der Waals surface area contributed by atoms with Gasteiger partial charge in [-0.1, -0.05) is 6.07 Å². The predicted octanol–water partition coefficient (Wildman–Crippen LogP) is 1.83. The van der Waals surface area contributed by atoms with Crippen molar-refractivity contribution in [3.05, 3.63) is 30.1 Å². The molecule has 12 heavy (non-hydrogen) atoms. The Labute approximate surface area is 66.0 Å². The maximum Gasteiger partial charge on any atom is 0.456 e. The van der Waals surface area contributed by atoms with E-state index in [0.29, 0.717) is 0 Å². The first-order chi connectivity index (χ1) is 5.52. The molecule has 1 aromatic heterocycles. The van der Waals surface area contributed by atoms with Gasteiger partial charge in [0.1, 0.15) is 5.69 Å². The fourth-order valence-corrected chi connectivity index (χ4v) is 0.642. The Hall–Kier alpha value is -1.39. The van der Waals surface area contributed by atoms with Gasteiger partial charge in [0.05, 0.1) is 0 Å². The molecule has 0 aliphatic rings. The van der Waals surface area contributed by atoms with Crippen LogP contribution < -0.4 is 0 Å². The van der Waals surface area contributed by atoms with E-state index in [1.807, 2.05) is 0 Å².